The van der Waals surface area contributed by atoms with Gasteiger partial charge in [0.2, 0.25) is 0 Å². The Morgan fingerprint density at radius 1 is 1.58 bits per heavy atom. The van der Waals surface area contributed by atoms with Crippen molar-refractivity contribution >= 4 is 38.2 Å². The number of nitrogens with two attached hydrogens (primary N) is 1. The lowest BCUT2D eigenvalue weighted by Gasteiger charge is -2.05. The molecule has 19 heavy (non-hydrogen) atoms. The van der Waals surface area contributed by atoms with Crippen LogP contribution in [0.2, 0.25) is 0 Å². The van der Waals surface area contributed by atoms with E-state index < -0.39 is 16.0 Å². The minimum atomic E-state index is -0.731. The van der Waals surface area contributed by atoms with E-state index in [0.29, 0.717) is 10.7 Å². The lowest BCUT2D eigenvalue weighted by molar-refractivity contribution is -0.386. The molecule has 3 N–H and O–H groups in total. The highest BCUT2D eigenvalue weighted by Gasteiger charge is 2.17. The Balaban J connectivity index is 2.41. The molecule has 0 saturated heterocycles. The Morgan fingerprint density at radius 2 is 2.32 bits per heavy atom. The van der Waals surface area contributed by atoms with Crippen molar-refractivity contribution in [2.45, 2.75) is 6.54 Å². The van der Waals surface area contributed by atoms with Gasteiger partial charge in [0, 0.05) is 17.7 Å². The van der Waals surface area contributed by atoms with Crippen molar-refractivity contribution in [2.75, 3.05) is 5.43 Å². The van der Waals surface area contributed by atoms with Crippen LogP contribution in [0.4, 0.5) is 10.7 Å². The molecule has 0 aromatic carbocycles. The number of nitrogens with one attached hydrogen (secondary N) is 1. The summed E-state index contributed by atoms with van der Waals surface area (Å²) in [5.41, 5.74) is 1.77. The zero-order valence-electron chi connectivity index (χ0n) is 9.24. The van der Waals surface area contributed by atoms with Crippen LogP contribution in [0, 0.1) is 10.1 Å². The molecule has 11 heteroatoms. The van der Waals surface area contributed by atoms with E-state index in [-0.39, 0.29) is 11.0 Å². The third kappa shape index (κ3) is 2.77. The van der Waals surface area contributed by atoms with Crippen LogP contribution in [-0.4, -0.2) is 19.1 Å². The summed E-state index contributed by atoms with van der Waals surface area (Å²) in [5, 5.41) is 15.2. The van der Waals surface area contributed by atoms with Crippen molar-refractivity contribution in [3.05, 3.63) is 42.9 Å². The molecule has 100 valence electrons. The van der Waals surface area contributed by atoms with Gasteiger partial charge in [-0.25, -0.2) is 5.84 Å². The Labute approximate surface area is 118 Å². The molecule has 2 aromatic heterocycles. The molecular formula is C8H7BrN6O3S. The number of rotatable bonds is 4. The smallest absolute Gasteiger partial charge is 0.333 e. The molecule has 0 radical (unpaired) electrons. The van der Waals surface area contributed by atoms with E-state index in [0.717, 1.165) is 17.7 Å². The number of hydrogen-bond acceptors (Lipinski definition) is 8. The van der Waals surface area contributed by atoms with Gasteiger partial charge in [-0.2, -0.15) is 0 Å². The zero-order chi connectivity index (χ0) is 14.0. The first-order valence-electron chi connectivity index (χ1n) is 4.84. The Kier molecular flexibility index (Phi) is 3.87. The molecule has 0 bridgehead atoms. The number of pyridine rings is 1. The molecule has 0 aliphatic carbocycles. The molecule has 0 unspecified atom stereocenters. The fourth-order valence-electron chi connectivity index (χ4n) is 1.40. The largest absolute Gasteiger partial charge is 0.341 e. The SMILES string of the molecule is NNc1snnc1Cn1cc(Br)c(=O)c([N+](=O)[O-])c1. The van der Waals surface area contributed by atoms with Gasteiger partial charge in [-0.15, -0.1) is 5.10 Å². The van der Waals surface area contributed by atoms with Gasteiger partial charge in [-0.1, -0.05) is 4.49 Å². The van der Waals surface area contributed by atoms with Crippen LogP contribution in [0.5, 0.6) is 0 Å². The summed E-state index contributed by atoms with van der Waals surface area (Å²) in [6.45, 7) is 0.204. The molecule has 0 fully saturated rings. The summed E-state index contributed by atoms with van der Waals surface area (Å²) in [6, 6.07) is 0. The number of hydrogen-bond donors (Lipinski definition) is 2. The molecule has 0 amide bonds. The standard InChI is InChI=1S/C8H7BrN6O3S/c9-4-1-14(3-6(7(4)16)15(17)18)2-5-8(11-10)19-13-12-5/h1,3,11H,2,10H2. The lowest BCUT2D eigenvalue weighted by atomic mass is 10.3. The second-order valence-corrected chi connectivity index (χ2v) is 5.05. The van der Waals surface area contributed by atoms with Gasteiger partial charge in [0.1, 0.15) is 10.7 Å². The first kappa shape index (κ1) is 13.6. The van der Waals surface area contributed by atoms with Gasteiger partial charge >= 0.3 is 5.69 Å². The second-order valence-electron chi connectivity index (χ2n) is 3.44. The van der Waals surface area contributed by atoms with Crippen molar-refractivity contribution in [3.63, 3.8) is 0 Å². The van der Waals surface area contributed by atoms with Gasteiger partial charge in [0.15, 0.2) is 0 Å². The Bertz CT molecular complexity index is 683. The van der Waals surface area contributed by atoms with Crippen LogP contribution in [0.1, 0.15) is 5.69 Å². The normalized spacial score (nSPS) is 10.4. The number of anilines is 1. The Morgan fingerprint density at radius 3 is 2.95 bits per heavy atom. The van der Waals surface area contributed by atoms with Gasteiger partial charge < -0.3 is 9.99 Å². The zero-order valence-corrected chi connectivity index (χ0v) is 11.6. The molecule has 2 heterocycles. The first-order valence-corrected chi connectivity index (χ1v) is 6.41. The van der Waals surface area contributed by atoms with E-state index in [1.165, 1.54) is 10.8 Å². The molecule has 9 nitrogen and oxygen atoms in total. The van der Waals surface area contributed by atoms with Crippen LogP contribution in [0.25, 0.3) is 0 Å². The van der Waals surface area contributed by atoms with Crippen LogP contribution < -0.4 is 16.7 Å². The minimum Gasteiger partial charge on any atom is -0.341 e. The van der Waals surface area contributed by atoms with Gasteiger partial charge in [0.25, 0.3) is 5.43 Å². The highest BCUT2D eigenvalue weighted by atomic mass is 79.9. The molecule has 2 rings (SSSR count). The van der Waals surface area contributed by atoms with Gasteiger partial charge in [-0.3, -0.25) is 14.9 Å². The predicted octanol–water partition coefficient (Wildman–Crippen LogP) is 0.704. The summed E-state index contributed by atoms with van der Waals surface area (Å²) in [5.74, 6) is 5.28. The van der Waals surface area contributed by atoms with E-state index >= 15 is 0 Å². The average Bonchev–Trinajstić information content (AvgIpc) is 2.80. The number of hydrazine groups is 1. The van der Waals surface area contributed by atoms with E-state index in [1.54, 1.807) is 0 Å². The quantitative estimate of drug-likeness (QED) is 0.473. The van der Waals surface area contributed by atoms with E-state index in [9.17, 15) is 14.9 Å². The Hall–Kier alpha value is -1.85. The van der Waals surface area contributed by atoms with Crippen molar-refractivity contribution < 1.29 is 4.92 Å². The summed E-state index contributed by atoms with van der Waals surface area (Å²) >= 11 is 4.06. The van der Waals surface area contributed by atoms with Crippen LogP contribution in [0.3, 0.4) is 0 Å². The fraction of sp³-hybridized carbons (Fsp3) is 0.125. The maximum Gasteiger partial charge on any atom is 0.333 e. The number of aromatic nitrogens is 3. The maximum absolute atomic E-state index is 11.5. The third-order valence-electron chi connectivity index (χ3n) is 2.23. The summed E-state index contributed by atoms with van der Waals surface area (Å²) in [4.78, 5) is 21.6. The van der Waals surface area contributed by atoms with E-state index in [4.69, 9.17) is 5.84 Å². The van der Waals surface area contributed by atoms with E-state index in [2.05, 4.69) is 30.9 Å². The van der Waals surface area contributed by atoms with E-state index in [1.807, 2.05) is 0 Å². The molecule has 0 aliphatic rings. The van der Waals surface area contributed by atoms with Crippen LogP contribution in [-0.2, 0) is 6.54 Å². The number of halogens is 1. The first-order chi connectivity index (χ1) is 9.02. The molecule has 0 spiro atoms. The van der Waals surface area contributed by atoms with Crippen molar-refractivity contribution in [3.8, 4) is 0 Å². The average molecular weight is 347 g/mol. The second kappa shape index (κ2) is 5.42. The summed E-state index contributed by atoms with van der Waals surface area (Å²) in [7, 11) is 0. The number of nitrogens with zero attached hydrogens (tertiary/aromatic N) is 4. The lowest BCUT2D eigenvalue weighted by Crippen LogP contribution is -2.14. The minimum absolute atomic E-state index is 0.104. The van der Waals surface area contributed by atoms with Crippen LogP contribution in [0.15, 0.2) is 21.7 Å². The third-order valence-corrected chi connectivity index (χ3v) is 3.50. The summed E-state index contributed by atoms with van der Waals surface area (Å²) in [6.07, 6.45) is 2.59. The molecule has 0 saturated carbocycles. The topological polar surface area (TPSA) is 129 Å². The molecule has 0 aliphatic heterocycles. The monoisotopic (exact) mass is 346 g/mol. The highest BCUT2D eigenvalue weighted by Crippen LogP contribution is 2.18. The number of nitrogen functional groups attached to an aromatic ring is 1. The fourth-order valence-corrected chi connectivity index (χ4v) is 2.35. The maximum atomic E-state index is 11.5. The molecular weight excluding hydrogens is 340 g/mol. The molecule has 2 aromatic rings. The van der Waals surface area contributed by atoms with Gasteiger partial charge in [0.05, 0.1) is 22.1 Å². The van der Waals surface area contributed by atoms with Crippen molar-refractivity contribution in [1.82, 2.24) is 14.2 Å². The molecule has 0 atom stereocenters. The highest BCUT2D eigenvalue weighted by molar-refractivity contribution is 9.10. The van der Waals surface area contributed by atoms with Crippen LogP contribution >= 0.6 is 27.5 Å². The summed E-state index contributed by atoms with van der Waals surface area (Å²) < 4.78 is 5.28. The number of nitro groups is 1. The van der Waals surface area contributed by atoms with Crippen molar-refractivity contribution in [1.29, 1.82) is 0 Å². The van der Waals surface area contributed by atoms with Crippen molar-refractivity contribution in [2.24, 2.45) is 5.84 Å². The predicted molar refractivity (Wildman–Crippen MR) is 71.9 cm³/mol. The van der Waals surface area contributed by atoms with Gasteiger partial charge in [-0.05, 0) is 15.9 Å².